The number of carbonyl (C=O) groups excluding carboxylic acids is 2. The van der Waals surface area contributed by atoms with E-state index in [1.807, 2.05) is 87.0 Å². The van der Waals surface area contributed by atoms with Crippen LogP contribution in [0.3, 0.4) is 0 Å². The number of ether oxygens (including phenoxy) is 3. The number of hydrogen-bond donors (Lipinski definition) is 0. The Labute approximate surface area is 359 Å². The molecule has 0 unspecified atom stereocenters. The summed E-state index contributed by atoms with van der Waals surface area (Å²) in [6.07, 6.45) is 8.67. The van der Waals surface area contributed by atoms with Crippen LogP contribution in [0.25, 0.3) is 21.3 Å². The molecule has 6 rings (SSSR count). The smallest absolute Gasteiger partial charge is 0.357 e. The lowest BCUT2D eigenvalue weighted by atomic mass is 9.89. The van der Waals surface area contributed by atoms with Crippen LogP contribution < -0.4 is 9.80 Å². The topological polar surface area (TPSA) is 138 Å². The second-order valence-electron chi connectivity index (χ2n) is 17.9. The summed E-state index contributed by atoms with van der Waals surface area (Å²) >= 11 is 1.58. The van der Waals surface area contributed by atoms with Crippen molar-refractivity contribution < 1.29 is 23.8 Å². The van der Waals surface area contributed by atoms with Crippen molar-refractivity contribution in [1.82, 2.24) is 29.9 Å². The second-order valence-corrected chi connectivity index (χ2v) is 24.5. The third kappa shape index (κ3) is 11.8. The third-order valence-electron chi connectivity index (χ3n) is 10.6. The van der Waals surface area contributed by atoms with E-state index >= 15 is 0 Å². The molecule has 0 radical (unpaired) electrons. The maximum atomic E-state index is 13.7. The zero-order valence-corrected chi connectivity index (χ0v) is 38.7. The first kappa shape index (κ1) is 44.8. The summed E-state index contributed by atoms with van der Waals surface area (Å²) in [6, 6.07) is 14.8. The predicted octanol–water partition coefficient (Wildman–Crippen LogP) is 10.4. The largest absolute Gasteiger partial charge is 0.461 e. The van der Waals surface area contributed by atoms with Gasteiger partial charge in [-0.2, -0.15) is 5.10 Å². The Morgan fingerprint density at radius 3 is 2.42 bits per heavy atom. The molecule has 0 N–H and O–H groups in total. The average Bonchev–Trinajstić information content (AvgIpc) is 3.79. The van der Waals surface area contributed by atoms with Crippen molar-refractivity contribution in [1.29, 1.82) is 0 Å². The Balaban J connectivity index is 1.36. The van der Waals surface area contributed by atoms with E-state index in [0.717, 1.165) is 44.8 Å². The Morgan fingerprint density at radius 1 is 0.950 bits per heavy atom. The van der Waals surface area contributed by atoms with Gasteiger partial charge in [0.25, 0.3) is 0 Å². The van der Waals surface area contributed by atoms with Crippen molar-refractivity contribution in [2.75, 3.05) is 36.3 Å². The quantitative estimate of drug-likeness (QED) is 0.0359. The number of carbonyl (C=O) groups is 2. The van der Waals surface area contributed by atoms with E-state index in [-0.39, 0.29) is 31.4 Å². The highest BCUT2D eigenvalue weighted by Gasteiger charge is 2.26. The minimum Gasteiger partial charge on any atom is -0.461 e. The van der Waals surface area contributed by atoms with Gasteiger partial charge in [0.2, 0.25) is 0 Å². The molecule has 0 saturated heterocycles. The predicted molar refractivity (Wildman–Crippen MR) is 242 cm³/mol. The van der Waals surface area contributed by atoms with Crippen molar-refractivity contribution in [3.63, 3.8) is 0 Å². The molecule has 60 heavy (non-hydrogen) atoms. The molecule has 1 saturated carbocycles. The highest BCUT2D eigenvalue weighted by Crippen LogP contribution is 2.36. The third-order valence-corrected chi connectivity index (χ3v) is 13.3. The molecule has 4 aromatic heterocycles. The van der Waals surface area contributed by atoms with Gasteiger partial charge in [0.1, 0.15) is 18.1 Å². The van der Waals surface area contributed by atoms with Gasteiger partial charge >= 0.3 is 11.9 Å². The molecule has 0 amide bonds. The number of hydrogen-bond acceptors (Lipinski definition) is 13. The maximum absolute atomic E-state index is 13.7. The second kappa shape index (κ2) is 19.8. The average molecular weight is 855 g/mol. The number of para-hydroxylation sites is 1. The van der Waals surface area contributed by atoms with Crippen molar-refractivity contribution in [3.05, 3.63) is 65.6 Å². The molecule has 13 nitrogen and oxygen atoms in total. The minimum absolute atomic E-state index is 0.181. The van der Waals surface area contributed by atoms with Gasteiger partial charge in [0.05, 0.1) is 23.0 Å². The highest BCUT2D eigenvalue weighted by atomic mass is 32.1. The molecular formula is C45H62N8O5SSi. The first-order chi connectivity index (χ1) is 28.6. The number of aryl methyl sites for hydroxylation is 1. The van der Waals surface area contributed by atoms with Crippen LogP contribution in [-0.2, 0) is 25.5 Å². The Morgan fingerprint density at radius 2 is 1.72 bits per heavy atom. The number of thiazole rings is 1. The van der Waals surface area contributed by atoms with Gasteiger partial charge in [-0.1, -0.05) is 62.4 Å². The summed E-state index contributed by atoms with van der Waals surface area (Å²) in [5.41, 5.74) is 3.80. The Bertz CT molecular complexity index is 2210. The van der Waals surface area contributed by atoms with E-state index in [9.17, 15) is 9.59 Å². The fourth-order valence-electron chi connectivity index (χ4n) is 7.38. The van der Waals surface area contributed by atoms with E-state index in [4.69, 9.17) is 39.5 Å². The van der Waals surface area contributed by atoms with Crippen LogP contribution in [0, 0.1) is 19.8 Å². The van der Waals surface area contributed by atoms with Crippen LogP contribution in [0.1, 0.15) is 94.4 Å². The number of pyridine rings is 1. The molecule has 1 aliphatic carbocycles. The first-order valence-corrected chi connectivity index (χ1v) is 25.9. The lowest BCUT2D eigenvalue weighted by Crippen LogP contribution is -2.28. The molecule has 0 aliphatic heterocycles. The van der Waals surface area contributed by atoms with Gasteiger partial charge in [-0.05, 0) is 109 Å². The van der Waals surface area contributed by atoms with Gasteiger partial charge in [0, 0.05) is 51.0 Å². The molecule has 0 spiro atoms. The number of esters is 2. The van der Waals surface area contributed by atoms with Crippen LogP contribution in [-0.4, -0.2) is 82.0 Å². The fourth-order valence-corrected chi connectivity index (χ4v) is 9.09. The van der Waals surface area contributed by atoms with Crippen molar-refractivity contribution in [3.8, 4) is 11.1 Å². The molecule has 0 bridgehead atoms. The lowest BCUT2D eigenvalue weighted by molar-refractivity contribution is -0.154. The van der Waals surface area contributed by atoms with E-state index in [1.54, 1.807) is 18.3 Å². The monoisotopic (exact) mass is 854 g/mol. The molecule has 4 heterocycles. The van der Waals surface area contributed by atoms with E-state index < -0.39 is 19.6 Å². The van der Waals surface area contributed by atoms with Crippen LogP contribution in [0.5, 0.6) is 0 Å². The van der Waals surface area contributed by atoms with Crippen molar-refractivity contribution in [2.24, 2.45) is 5.92 Å². The molecule has 5 aromatic rings. The summed E-state index contributed by atoms with van der Waals surface area (Å²) in [5, 5.41) is 15.1. The minimum atomic E-state index is -1.32. The molecule has 322 valence electrons. The van der Waals surface area contributed by atoms with Gasteiger partial charge in [-0.15, -0.1) is 10.2 Å². The number of aromatic nitrogens is 6. The molecule has 15 heteroatoms. The number of fused-ring (bicyclic) bond motifs is 1. The highest BCUT2D eigenvalue weighted by molar-refractivity contribution is 7.22. The number of nitrogens with zero attached hydrogens (tertiary/aromatic N) is 8. The molecule has 1 fully saturated rings. The summed E-state index contributed by atoms with van der Waals surface area (Å²) in [7, 11) is -1.32. The molecule has 1 aliphatic rings. The van der Waals surface area contributed by atoms with Crippen LogP contribution >= 0.6 is 11.3 Å². The summed E-state index contributed by atoms with van der Waals surface area (Å²) in [5.74, 6) is 1.37. The van der Waals surface area contributed by atoms with Gasteiger partial charge < -0.3 is 19.1 Å². The van der Waals surface area contributed by atoms with Crippen LogP contribution in [0.4, 0.5) is 22.6 Å². The fraction of sp³-hybridized carbons (Fsp3) is 0.533. The van der Waals surface area contributed by atoms with Crippen LogP contribution in [0.15, 0.2) is 48.7 Å². The first-order valence-electron chi connectivity index (χ1n) is 21.4. The van der Waals surface area contributed by atoms with E-state index in [0.29, 0.717) is 48.5 Å². The SMILES string of the molecule is CCOC(=O)c1nc(N(CCCC(=O)OC(C)(C)C)c2cc(C)c(N(COCC[Si](C)(C)C)c3nc4ccccc4s3)nn2)ccc1-c1cnn(CC2CCCCC2)c1C. The van der Waals surface area contributed by atoms with E-state index in [2.05, 4.69) is 30.4 Å². The zero-order valence-electron chi connectivity index (χ0n) is 36.9. The van der Waals surface area contributed by atoms with Crippen LogP contribution in [0.2, 0.25) is 25.7 Å². The summed E-state index contributed by atoms with van der Waals surface area (Å²) in [4.78, 5) is 40.4. The number of anilines is 4. The van der Waals surface area contributed by atoms with Gasteiger partial charge in [0.15, 0.2) is 22.5 Å². The maximum Gasteiger partial charge on any atom is 0.357 e. The van der Waals surface area contributed by atoms with Gasteiger partial charge in [-0.25, -0.2) is 14.8 Å². The van der Waals surface area contributed by atoms with Gasteiger partial charge in [-0.3, -0.25) is 14.4 Å². The summed E-state index contributed by atoms with van der Waals surface area (Å²) < 4.78 is 20.6. The lowest BCUT2D eigenvalue weighted by Gasteiger charge is -2.26. The van der Waals surface area contributed by atoms with Crippen molar-refractivity contribution in [2.45, 2.75) is 124 Å². The zero-order chi connectivity index (χ0) is 43.0. The molecule has 0 atom stereocenters. The molecular weight excluding hydrogens is 793 g/mol. The Hall–Kier alpha value is -4.73. The molecule has 1 aromatic carbocycles. The Kier molecular flexibility index (Phi) is 14.8. The summed E-state index contributed by atoms with van der Waals surface area (Å²) in [6.45, 7) is 20.7. The van der Waals surface area contributed by atoms with Crippen molar-refractivity contribution >= 4 is 64.2 Å². The number of rotatable bonds is 18. The number of benzene rings is 1. The normalized spacial score (nSPS) is 13.8. The van der Waals surface area contributed by atoms with E-state index in [1.165, 1.54) is 32.1 Å². The standard InChI is InChI=1S/C45H62N8O5SSi/c1-10-57-43(55)41-34(35-28-46-53(32(35)3)29-33-17-12-11-13-18-33)22-23-38(48-41)51(24-16-21-40(54)58-45(4,5)6)39-27-31(2)42(50-49-39)52(30-56-25-26-60(7,8)9)44-47-36-19-14-15-20-37(36)59-44/h14-15,19-20,22-23,27-28,33H,10-13,16-18,21,24-26,29-30H2,1-9H3.